The van der Waals surface area contributed by atoms with Gasteiger partial charge in [0.15, 0.2) is 12.0 Å². The Kier molecular flexibility index (Phi) is 2.44. The van der Waals surface area contributed by atoms with Crippen LogP contribution in [0.3, 0.4) is 0 Å². The Hall–Kier alpha value is -2.03. The van der Waals surface area contributed by atoms with Crippen LogP contribution in [0.2, 0.25) is 0 Å². The molecule has 0 radical (unpaired) electrons. The molecule has 0 N–H and O–H groups in total. The quantitative estimate of drug-likeness (QED) is 0.656. The number of hydrogen-bond donors (Lipinski definition) is 0. The second kappa shape index (κ2) is 4.26. The van der Waals surface area contributed by atoms with Gasteiger partial charge in [-0.1, -0.05) is 24.3 Å². The molecule has 19 heavy (non-hydrogen) atoms. The highest BCUT2D eigenvalue weighted by Gasteiger charge is 2.16. The minimum Gasteiger partial charge on any atom is -0.443 e. The fourth-order valence-corrected chi connectivity index (χ4v) is 3.07. The van der Waals surface area contributed by atoms with Gasteiger partial charge in [-0.15, -0.1) is 0 Å². The third kappa shape index (κ3) is 1.69. The SMILES string of the molecule is c1ccc2c(c1)c(N1CCCCC1)cc1ocnc12. The van der Waals surface area contributed by atoms with Crippen molar-refractivity contribution >= 4 is 27.6 Å². The van der Waals surface area contributed by atoms with E-state index in [9.17, 15) is 0 Å². The Balaban J connectivity index is 2.00. The van der Waals surface area contributed by atoms with Crippen molar-refractivity contribution in [1.29, 1.82) is 0 Å². The maximum absolute atomic E-state index is 5.52. The second-order valence-corrected chi connectivity index (χ2v) is 5.19. The van der Waals surface area contributed by atoms with Crippen LogP contribution in [0.15, 0.2) is 41.1 Å². The molecule has 1 aliphatic rings. The zero-order valence-electron chi connectivity index (χ0n) is 10.8. The van der Waals surface area contributed by atoms with E-state index in [2.05, 4.69) is 40.2 Å². The Morgan fingerprint density at radius 1 is 1.00 bits per heavy atom. The van der Waals surface area contributed by atoms with Gasteiger partial charge >= 0.3 is 0 Å². The fourth-order valence-electron chi connectivity index (χ4n) is 3.07. The molecule has 0 bridgehead atoms. The van der Waals surface area contributed by atoms with Crippen molar-refractivity contribution in [2.24, 2.45) is 0 Å². The lowest BCUT2D eigenvalue weighted by Gasteiger charge is -2.29. The van der Waals surface area contributed by atoms with Gasteiger partial charge in [0.25, 0.3) is 0 Å². The minimum atomic E-state index is 0.888. The maximum atomic E-state index is 5.52. The first kappa shape index (κ1) is 10.9. The molecule has 3 aromatic rings. The topological polar surface area (TPSA) is 29.3 Å². The summed E-state index contributed by atoms with van der Waals surface area (Å²) in [6.45, 7) is 2.28. The number of anilines is 1. The molecule has 1 saturated heterocycles. The molecule has 0 aliphatic carbocycles. The molecule has 3 nitrogen and oxygen atoms in total. The highest BCUT2D eigenvalue weighted by Crippen LogP contribution is 2.34. The molecule has 4 rings (SSSR count). The zero-order valence-corrected chi connectivity index (χ0v) is 10.8. The first-order chi connectivity index (χ1) is 9.43. The lowest BCUT2D eigenvalue weighted by Crippen LogP contribution is -2.29. The van der Waals surface area contributed by atoms with Gasteiger partial charge in [-0.05, 0) is 19.3 Å². The molecule has 2 heterocycles. The largest absolute Gasteiger partial charge is 0.443 e. The van der Waals surface area contributed by atoms with Crippen molar-refractivity contribution in [2.45, 2.75) is 19.3 Å². The van der Waals surface area contributed by atoms with Gasteiger partial charge in [0.05, 0.1) is 0 Å². The summed E-state index contributed by atoms with van der Waals surface area (Å²) in [6.07, 6.45) is 5.45. The summed E-state index contributed by atoms with van der Waals surface area (Å²) in [6, 6.07) is 10.6. The van der Waals surface area contributed by atoms with E-state index in [1.807, 2.05) is 0 Å². The molecule has 3 heteroatoms. The van der Waals surface area contributed by atoms with Crippen LogP contribution < -0.4 is 4.90 Å². The monoisotopic (exact) mass is 252 g/mol. The first-order valence-corrected chi connectivity index (χ1v) is 6.93. The maximum Gasteiger partial charge on any atom is 0.182 e. The highest BCUT2D eigenvalue weighted by molar-refractivity contribution is 6.09. The van der Waals surface area contributed by atoms with Crippen LogP contribution in [0.25, 0.3) is 21.9 Å². The number of nitrogens with zero attached hydrogens (tertiary/aromatic N) is 2. The van der Waals surface area contributed by atoms with E-state index in [0.717, 1.165) is 24.2 Å². The number of aromatic nitrogens is 1. The van der Waals surface area contributed by atoms with E-state index in [0.29, 0.717) is 0 Å². The summed E-state index contributed by atoms with van der Waals surface area (Å²) in [5.41, 5.74) is 3.15. The van der Waals surface area contributed by atoms with Gasteiger partial charge in [-0.25, -0.2) is 4.98 Å². The molecule has 2 aromatic carbocycles. The van der Waals surface area contributed by atoms with Crippen molar-refractivity contribution in [3.63, 3.8) is 0 Å². The lowest BCUT2D eigenvalue weighted by atomic mass is 10.0. The summed E-state index contributed by atoms with van der Waals surface area (Å²) in [5.74, 6) is 0. The Morgan fingerprint density at radius 3 is 2.63 bits per heavy atom. The Bertz CT molecular complexity index is 726. The van der Waals surface area contributed by atoms with Crippen LogP contribution in [0.5, 0.6) is 0 Å². The van der Waals surface area contributed by atoms with Crippen LogP contribution in [0.1, 0.15) is 19.3 Å². The van der Waals surface area contributed by atoms with Crippen molar-refractivity contribution in [1.82, 2.24) is 4.98 Å². The second-order valence-electron chi connectivity index (χ2n) is 5.19. The number of benzene rings is 2. The average Bonchev–Trinajstić information content (AvgIpc) is 2.96. The van der Waals surface area contributed by atoms with E-state index >= 15 is 0 Å². The molecule has 1 fully saturated rings. The summed E-state index contributed by atoms with van der Waals surface area (Å²) in [4.78, 5) is 6.83. The number of piperidine rings is 1. The van der Waals surface area contributed by atoms with Gasteiger partial charge in [-0.2, -0.15) is 0 Å². The molecule has 0 amide bonds. The summed E-state index contributed by atoms with van der Waals surface area (Å²) in [5, 5.41) is 2.47. The molecule has 0 atom stereocenters. The predicted molar refractivity (Wildman–Crippen MR) is 77.6 cm³/mol. The molecule has 0 unspecified atom stereocenters. The number of oxazole rings is 1. The molecule has 96 valence electrons. The molecule has 0 spiro atoms. The zero-order chi connectivity index (χ0) is 12.7. The number of rotatable bonds is 1. The third-order valence-corrected chi connectivity index (χ3v) is 4.02. The minimum absolute atomic E-state index is 0.888. The molecular weight excluding hydrogens is 236 g/mol. The van der Waals surface area contributed by atoms with E-state index in [1.165, 1.54) is 42.1 Å². The van der Waals surface area contributed by atoms with Crippen molar-refractivity contribution < 1.29 is 4.42 Å². The smallest absolute Gasteiger partial charge is 0.182 e. The van der Waals surface area contributed by atoms with Crippen molar-refractivity contribution in [2.75, 3.05) is 18.0 Å². The Morgan fingerprint density at radius 2 is 1.79 bits per heavy atom. The van der Waals surface area contributed by atoms with Crippen LogP contribution in [0.4, 0.5) is 5.69 Å². The van der Waals surface area contributed by atoms with E-state index < -0.39 is 0 Å². The molecule has 0 saturated carbocycles. The Labute approximate surface area is 111 Å². The highest BCUT2D eigenvalue weighted by atomic mass is 16.3. The number of hydrogen-bond acceptors (Lipinski definition) is 3. The van der Waals surface area contributed by atoms with Crippen molar-refractivity contribution in [3.05, 3.63) is 36.7 Å². The molecular formula is C16H16N2O. The standard InChI is InChI=1S/C16H16N2O/c1-4-8-18(9-5-1)14-10-15-16(17-11-19-15)13-7-3-2-6-12(13)14/h2-3,6-7,10-11H,1,4-5,8-9H2. The predicted octanol–water partition coefficient (Wildman–Crippen LogP) is 3.97. The number of fused-ring (bicyclic) bond motifs is 3. The van der Waals surface area contributed by atoms with Gasteiger partial charge in [0.2, 0.25) is 0 Å². The summed E-state index contributed by atoms with van der Waals surface area (Å²) in [7, 11) is 0. The van der Waals surface area contributed by atoms with Crippen LogP contribution in [-0.4, -0.2) is 18.1 Å². The van der Waals surface area contributed by atoms with E-state index in [-0.39, 0.29) is 0 Å². The summed E-state index contributed by atoms with van der Waals surface area (Å²) >= 11 is 0. The average molecular weight is 252 g/mol. The van der Waals surface area contributed by atoms with E-state index in [4.69, 9.17) is 4.42 Å². The first-order valence-electron chi connectivity index (χ1n) is 6.93. The van der Waals surface area contributed by atoms with Crippen LogP contribution in [0, 0.1) is 0 Å². The van der Waals surface area contributed by atoms with Gasteiger partial charge < -0.3 is 9.32 Å². The lowest BCUT2D eigenvalue weighted by molar-refractivity contribution is 0.577. The normalized spacial score (nSPS) is 16.3. The van der Waals surface area contributed by atoms with Gasteiger partial charge in [-0.3, -0.25) is 0 Å². The summed E-state index contributed by atoms with van der Waals surface area (Å²) < 4.78 is 5.52. The van der Waals surface area contributed by atoms with Gasteiger partial charge in [0, 0.05) is 35.6 Å². The third-order valence-electron chi connectivity index (χ3n) is 4.02. The van der Waals surface area contributed by atoms with Crippen molar-refractivity contribution in [3.8, 4) is 0 Å². The van der Waals surface area contributed by atoms with Gasteiger partial charge in [0.1, 0.15) is 5.52 Å². The van der Waals surface area contributed by atoms with Crippen LogP contribution in [-0.2, 0) is 0 Å². The van der Waals surface area contributed by atoms with E-state index in [1.54, 1.807) is 0 Å². The van der Waals surface area contributed by atoms with Crippen LogP contribution >= 0.6 is 0 Å². The molecule has 1 aliphatic heterocycles. The fraction of sp³-hybridized carbons (Fsp3) is 0.312. The molecule has 1 aromatic heterocycles.